The van der Waals surface area contributed by atoms with Crippen LogP contribution in [0, 0.1) is 6.67 Å². The Morgan fingerprint density at radius 3 is 1.82 bits per heavy atom. The van der Waals surface area contributed by atoms with E-state index < -0.39 is 0 Å². The fraction of sp³-hybridized carbons (Fsp3) is 0.889. The van der Waals surface area contributed by atoms with Crippen molar-refractivity contribution < 1.29 is 0 Å². The molecule has 1 aliphatic rings. The summed E-state index contributed by atoms with van der Waals surface area (Å²) in [5, 5.41) is 0. The minimum atomic E-state index is 1.17. The van der Waals surface area contributed by atoms with Gasteiger partial charge >= 0.3 is 0 Å². The molecular weight excluding hydrogens is 136 g/mol. The third kappa shape index (κ3) is 2.80. The van der Waals surface area contributed by atoms with Gasteiger partial charge in [-0.15, -0.1) is 0 Å². The zero-order valence-electron chi connectivity index (χ0n) is 7.64. The second-order valence-electron chi connectivity index (χ2n) is 3.07. The number of nitrogens with zero attached hydrogens (tertiary/aromatic N) is 2. The highest BCUT2D eigenvalue weighted by atomic mass is 15.4. The summed E-state index contributed by atoms with van der Waals surface area (Å²) in [5.41, 5.74) is 0. The molecule has 0 spiro atoms. The summed E-state index contributed by atoms with van der Waals surface area (Å²) in [5.74, 6) is 0. The van der Waals surface area contributed by atoms with Gasteiger partial charge in [-0.3, -0.25) is 9.80 Å². The molecule has 0 amide bonds. The van der Waals surface area contributed by atoms with Crippen molar-refractivity contribution in [3.05, 3.63) is 6.67 Å². The highest BCUT2D eigenvalue weighted by molar-refractivity contribution is 4.79. The van der Waals surface area contributed by atoms with Crippen molar-refractivity contribution in [2.75, 3.05) is 26.2 Å². The maximum absolute atomic E-state index is 3.36. The molecule has 1 aliphatic heterocycles. The molecular formula is C9H18N2. The zero-order chi connectivity index (χ0) is 8.10. The van der Waals surface area contributed by atoms with Crippen LogP contribution >= 0.6 is 0 Å². The normalized spacial score (nSPS) is 21.3. The lowest BCUT2D eigenvalue weighted by Crippen LogP contribution is -2.20. The van der Waals surface area contributed by atoms with E-state index >= 15 is 0 Å². The number of hydrogen-bond acceptors (Lipinski definition) is 2. The van der Waals surface area contributed by atoms with Crippen molar-refractivity contribution in [3.8, 4) is 0 Å². The third-order valence-corrected chi connectivity index (χ3v) is 1.91. The Morgan fingerprint density at radius 2 is 1.45 bits per heavy atom. The van der Waals surface area contributed by atoms with E-state index in [0.717, 1.165) is 0 Å². The molecule has 1 heterocycles. The van der Waals surface area contributed by atoms with Gasteiger partial charge in [-0.05, 0) is 25.9 Å². The lowest BCUT2D eigenvalue weighted by atomic mass is 10.4. The molecule has 11 heavy (non-hydrogen) atoms. The van der Waals surface area contributed by atoms with Crippen molar-refractivity contribution in [3.63, 3.8) is 0 Å². The summed E-state index contributed by atoms with van der Waals surface area (Å²) in [6.07, 6.45) is 2.46. The second kappa shape index (κ2) is 4.73. The number of hydrogen-bond donors (Lipinski definition) is 0. The van der Waals surface area contributed by atoms with Crippen LogP contribution in [0.2, 0.25) is 0 Å². The van der Waals surface area contributed by atoms with Gasteiger partial charge < -0.3 is 0 Å². The molecule has 0 saturated carbocycles. The summed E-state index contributed by atoms with van der Waals surface area (Å²) in [6.45, 7) is 12.5. The van der Waals surface area contributed by atoms with Gasteiger partial charge in [-0.2, -0.15) is 0 Å². The van der Waals surface area contributed by atoms with Gasteiger partial charge in [0.2, 0.25) is 0 Å². The van der Waals surface area contributed by atoms with Crippen molar-refractivity contribution in [2.24, 2.45) is 0 Å². The van der Waals surface area contributed by atoms with Crippen molar-refractivity contribution in [1.29, 1.82) is 0 Å². The first kappa shape index (κ1) is 9.01. The maximum Gasteiger partial charge on any atom is 0.146 e. The van der Waals surface area contributed by atoms with Crippen LogP contribution < -0.4 is 0 Å². The van der Waals surface area contributed by atoms with E-state index in [1.165, 1.54) is 39.0 Å². The molecule has 2 heteroatoms. The Labute approximate surface area is 70.2 Å². The van der Waals surface area contributed by atoms with Gasteiger partial charge in [0.15, 0.2) is 0 Å². The van der Waals surface area contributed by atoms with Crippen LogP contribution in [0.25, 0.3) is 0 Å². The molecule has 0 aromatic rings. The van der Waals surface area contributed by atoms with E-state index in [9.17, 15) is 0 Å². The first-order valence-corrected chi connectivity index (χ1v) is 4.63. The molecule has 0 aliphatic carbocycles. The molecule has 0 aromatic heterocycles. The maximum atomic E-state index is 3.36. The van der Waals surface area contributed by atoms with Crippen LogP contribution in [0.15, 0.2) is 0 Å². The summed E-state index contributed by atoms with van der Waals surface area (Å²) >= 11 is 0. The van der Waals surface area contributed by atoms with Gasteiger partial charge in [0.05, 0.1) is 0 Å². The Balaban J connectivity index is 2.12. The van der Waals surface area contributed by atoms with Gasteiger partial charge in [0, 0.05) is 13.1 Å². The lowest BCUT2D eigenvalue weighted by Gasteiger charge is -2.13. The van der Waals surface area contributed by atoms with Gasteiger partial charge in [-0.25, -0.2) is 0 Å². The standard InChI is InChI=1S/C9H18N2/c1-3-5-10-7-8-11(9-10)6-4-2/h3-8H2,1-2H3. The molecule has 2 nitrogen and oxygen atoms in total. The van der Waals surface area contributed by atoms with Crippen LogP contribution in [-0.4, -0.2) is 36.0 Å². The van der Waals surface area contributed by atoms with E-state index in [4.69, 9.17) is 0 Å². The Hall–Kier alpha value is -0.0800. The first-order valence-electron chi connectivity index (χ1n) is 4.63. The predicted molar refractivity (Wildman–Crippen MR) is 47.0 cm³/mol. The van der Waals surface area contributed by atoms with Crippen molar-refractivity contribution in [2.45, 2.75) is 26.7 Å². The molecule has 0 aromatic carbocycles. The fourth-order valence-electron chi connectivity index (χ4n) is 1.40. The second-order valence-corrected chi connectivity index (χ2v) is 3.07. The molecule has 0 bridgehead atoms. The lowest BCUT2D eigenvalue weighted by molar-refractivity contribution is 0.323. The molecule has 1 fully saturated rings. The molecule has 0 N–H and O–H groups in total. The molecule has 2 radical (unpaired) electrons. The van der Waals surface area contributed by atoms with E-state index in [-0.39, 0.29) is 0 Å². The van der Waals surface area contributed by atoms with E-state index in [1.54, 1.807) is 0 Å². The highest BCUT2D eigenvalue weighted by Crippen LogP contribution is 2.09. The van der Waals surface area contributed by atoms with Crippen LogP contribution in [0.4, 0.5) is 0 Å². The largest absolute Gasteiger partial charge is 0.278 e. The van der Waals surface area contributed by atoms with Crippen LogP contribution in [0.3, 0.4) is 0 Å². The Bertz CT molecular complexity index is 91.7. The van der Waals surface area contributed by atoms with Crippen LogP contribution in [0.5, 0.6) is 0 Å². The first-order chi connectivity index (χ1) is 5.36. The molecule has 1 saturated heterocycles. The quantitative estimate of drug-likeness (QED) is 0.604. The molecule has 0 unspecified atom stereocenters. The zero-order valence-corrected chi connectivity index (χ0v) is 7.64. The van der Waals surface area contributed by atoms with E-state index in [2.05, 4.69) is 30.3 Å². The van der Waals surface area contributed by atoms with Crippen molar-refractivity contribution >= 4 is 0 Å². The number of rotatable bonds is 4. The Morgan fingerprint density at radius 1 is 1.00 bits per heavy atom. The van der Waals surface area contributed by atoms with E-state index in [1.807, 2.05) is 0 Å². The topological polar surface area (TPSA) is 6.48 Å². The van der Waals surface area contributed by atoms with Gasteiger partial charge in [0.1, 0.15) is 6.67 Å². The fourth-order valence-corrected chi connectivity index (χ4v) is 1.40. The van der Waals surface area contributed by atoms with E-state index in [0.29, 0.717) is 0 Å². The van der Waals surface area contributed by atoms with Crippen LogP contribution in [-0.2, 0) is 0 Å². The smallest absolute Gasteiger partial charge is 0.146 e. The summed E-state index contributed by atoms with van der Waals surface area (Å²) in [4.78, 5) is 4.57. The molecule has 64 valence electrons. The highest BCUT2D eigenvalue weighted by Gasteiger charge is 2.19. The summed E-state index contributed by atoms with van der Waals surface area (Å²) in [7, 11) is 0. The average Bonchev–Trinajstić information content (AvgIpc) is 2.38. The van der Waals surface area contributed by atoms with Crippen LogP contribution in [0.1, 0.15) is 26.7 Å². The summed E-state index contributed by atoms with van der Waals surface area (Å²) < 4.78 is 0. The van der Waals surface area contributed by atoms with Gasteiger partial charge in [0.25, 0.3) is 0 Å². The van der Waals surface area contributed by atoms with Crippen molar-refractivity contribution in [1.82, 2.24) is 9.80 Å². The average molecular weight is 154 g/mol. The predicted octanol–water partition coefficient (Wildman–Crippen LogP) is 1.42. The minimum absolute atomic E-state index is 1.17. The monoisotopic (exact) mass is 154 g/mol. The third-order valence-electron chi connectivity index (χ3n) is 1.91. The summed E-state index contributed by atoms with van der Waals surface area (Å²) in [6, 6.07) is 0. The molecule has 0 atom stereocenters. The molecule has 1 rings (SSSR count). The SMILES string of the molecule is CCCN1[C]N(CCC)CC1. The van der Waals surface area contributed by atoms with Gasteiger partial charge in [-0.1, -0.05) is 13.8 Å². The minimum Gasteiger partial charge on any atom is -0.278 e. The Kier molecular flexibility index (Phi) is 3.87.